The number of nitrogens with zero attached hydrogens (tertiary/aromatic N) is 1. The maximum absolute atomic E-state index is 3.74. The highest BCUT2D eigenvalue weighted by atomic mass is 15.2. The lowest BCUT2D eigenvalue weighted by Gasteiger charge is -2.44. The first kappa shape index (κ1) is 16.3. The summed E-state index contributed by atoms with van der Waals surface area (Å²) in [5.74, 6) is 2.76. The fourth-order valence-corrected chi connectivity index (χ4v) is 4.19. The van der Waals surface area contributed by atoms with E-state index in [-0.39, 0.29) is 0 Å². The minimum Gasteiger partial charge on any atom is -0.311 e. The SMILES string of the molecule is CCC1CCC(CN2CC(CC)NCC2C(C)C)CC1. The van der Waals surface area contributed by atoms with Gasteiger partial charge in [0, 0.05) is 31.7 Å². The van der Waals surface area contributed by atoms with E-state index in [2.05, 4.69) is 37.9 Å². The Hall–Kier alpha value is -0.0800. The molecule has 1 N–H and O–H groups in total. The van der Waals surface area contributed by atoms with Crippen LogP contribution in [0.2, 0.25) is 0 Å². The van der Waals surface area contributed by atoms with Crippen LogP contribution >= 0.6 is 0 Å². The molecule has 2 heteroatoms. The van der Waals surface area contributed by atoms with E-state index < -0.39 is 0 Å². The van der Waals surface area contributed by atoms with Crippen molar-refractivity contribution in [2.45, 2.75) is 78.3 Å². The predicted octanol–water partition coefficient (Wildman–Crippen LogP) is 3.91. The van der Waals surface area contributed by atoms with Crippen molar-refractivity contribution in [3.05, 3.63) is 0 Å². The van der Waals surface area contributed by atoms with E-state index >= 15 is 0 Å². The molecule has 20 heavy (non-hydrogen) atoms. The first-order valence-electron chi connectivity index (χ1n) is 9.11. The van der Waals surface area contributed by atoms with Crippen LogP contribution < -0.4 is 5.32 Å². The Labute approximate surface area is 126 Å². The zero-order chi connectivity index (χ0) is 14.5. The summed E-state index contributed by atoms with van der Waals surface area (Å²) in [5.41, 5.74) is 0. The Morgan fingerprint density at radius 2 is 1.65 bits per heavy atom. The Morgan fingerprint density at radius 1 is 1.00 bits per heavy atom. The lowest BCUT2D eigenvalue weighted by atomic mass is 9.80. The molecule has 2 unspecified atom stereocenters. The standard InChI is InChI=1S/C18H36N2/c1-5-15-7-9-16(10-8-15)12-20-13-17(6-2)19-11-18(20)14(3)4/h14-19H,5-13H2,1-4H3. The van der Waals surface area contributed by atoms with Crippen LogP contribution in [0.4, 0.5) is 0 Å². The summed E-state index contributed by atoms with van der Waals surface area (Å²) in [4.78, 5) is 2.83. The van der Waals surface area contributed by atoms with Gasteiger partial charge in [-0.2, -0.15) is 0 Å². The van der Waals surface area contributed by atoms with Gasteiger partial charge in [0.05, 0.1) is 0 Å². The Morgan fingerprint density at radius 3 is 2.20 bits per heavy atom. The first-order chi connectivity index (χ1) is 9.63. The van der Waals surface area contributed by atoms with Crippen molar-refractivity contribution in [1.82, 2.24) is 10.2 Å². The molecule has 2 fully saturated rings. The molecule has 2 nitrogen and oxygen atoms in total. The molecule has 118 valence electrons. The van der Waals surface area contributed by atoms with Gasteiger partial charge in [-0.05, 0) is 37.0 Å². The minimum absolute atomic E-state index is 0.719. The van der Waals surface area contributed by atoms with Gasteiger partial charge < -0.3 is 5.32 Å². The van der Waals surface area contributed by atoms with Gasteiger partial charge in [0.1, 0.15) is 0 Å². The smallest absolute Gasteiger partial charge is 0.0244 e. The van der Waals surface area contributed by atoms with Gasteiger partial charge in [-0.25, -0.2) is 0 Å². The third-order valence-corrected chi connectivity index (χ3v) is 5.84. The lowest BCUT2D eigenvalue weighted by molar-refractivity contribution is 0.0687. The molecule has 0 bridgehead atoms. The van der Waals surface area contributed by atoms with E-state index in [0.29, 0.717) is 0 Å². The van der Waals surface area contributed by atoms with Crippen LogP contribution in [-0.4, -0.2) is 36.6 Å². The molecule has 1 heterocycles. The third-order valence-electron chi connectivity index (χ3n) is 5.84. The van der Waals surface area contributed by atoms with Crippen molar-refractivity contribution >= 4 is 0 Å². The highest BCUT2D eigenvalue weighted by Crippen LogP contribution is 2.32. The van der Waals surface area contributed by atoms with E-state index in [1.807, 2.05) is 0 Å². The maximum atomic E-state index is 3.74. The van der Waals surface area contributed by atoms with Crippen LogP contribution in [0.15, 0.2) is 0 Å². The highest BCUT2D eigenvalue weighted by Gasteiger charge is 2.31. The second-order valence-corrected chi connectivity index (χ2v) is 7.57. The molecule has 0 aromatic carbocycles. The molecular formula is C18H36N2. The fourth-order valence-electron chi connectivity index (χ4n) is 4.19. The number of hydrogen-bond donors (Lipinski definition) is 1. The molecule has 2 rings (SSSR count). The second kappa shape index (κ2) is 7.79. The lowest BCUT2D eigenvalue weighted by Crippen LogP contribution is -2.59. The van der Waals surface area contributed by atoms with Gasteiger partial charge in [-0.1, -0.05) is 47.0 Å². The van der Waals surface area contributed by atoms with Crippen LogP contribution in [0, 0.1) is 17.8 Å². The van der Waals surface area contributed by atoms with Crippen molar-refractivity contribution in [1.29, 1.82) is 0 Å². The van der Waals surface area contributed by atoms with E-state index in [4.69, 9.17) is 0 Å². The van der Waals surface area contributed by atoms with Crippen LogP contribution in [0.5, 0.6) is 0 Å². The van der Waals surface area contributed by atoms with E-state index in [9.17, 15) is 0 Å². The van der Waals surface area contributed by atoms with Crippen molar-refractivity contribution in [3.63, 3.8) is 0 Å². The van der Waals surface area contributed by atoms with Crippen LogP contribution in [0.1, 0.15) is 66.2 Å². The van der Waals surface area contributed by atoms with Crippen molar-refractivity contribution in [3.8, 4) is 0 Å². The zero-order valence-corrected chi connectivity index (χ0v) is 14.2. The summed E-state index contributed by atoms with van der Waals surface area (Å²) in [6.45, 7) is 13.3. The molecule has 0 aromatic rings. The maximum Gasteiger partial charge on any atom is 0.0244 e. The Balaban J connectivity index is 1.87. The normalized spacial score (nSPS) is 36.5. The van der Waals surface area contributed by atoms with Crippen molar-refractivity contribution in [2.24, 2.45) is 17.8 Å². The van der Waals surface area contributed by atoms with Gasteiger partial charge in [0.2, 0.25) is 0 Å². The monoisotopic (exact) mass is 280 g/mol. The molecule has 2 atom stereocenters. The summed E-state index contributed by atoms with van der Waals surface area (Å²) in [5, 5.41) is 3.74. The van der Waals surface area contributed by atoms with Crippen LogP contribution in [0.3, 0.4) is 0 Å². The molecular weight excluding hydrogens is 244 g/mol. The fraction of sp³-hybridized carbons (Fsp3) is 1.00. The zero-order valence-electron chi connectivity index (χ0n) is 14.2. The molecule has 0 spiro atoms. The number of hydrogen-bond acceptors (Lipinski definition) is 2. The number of piperazine rings is 1. The van der Waals surface area contributed by atoms with Crippen molar-refractivity contribution in [2.75, 3.05) is 19.6 Å². The minimum atomic E-state index is 0.719. The first-order valence-corrected chi connectivity index (χ1v) is 9.11. The summed E-state index contributed by atoms with van der Waals surface area (Å²) in [6, 6.07) is 1.47. The molecule has 0 amide bonds. The number of rotatable bonds is 5. The molecule has 0 aromatic heterocycles. The van der Waals surface area contributed by atoms with E-state index in [1.165, 1.54) is 58.2 Å². The largest absolute Gasteiger partial charge is 0.311 e. The summed E-state index contributed by atoms with van der Waals surface area (Å²) in [6.07, 6.45) is 8.58. The van der Waals surface area contributed by atoms with Gasteiger partial charge in [0.25, 0.3) is 0 Å². The van der Waals surface area contributed by atoms with E-state index in [0.717, 1.165) is 29.8 Å². The summed E-state index contributed by atoms with van der Waals surface area (Å²) in [7, 11) is 0. The molecule has 0 radical (unpaired) electrons. The van der Waals surface area contributed by atoms with Gasteiger partial charge >= 0.3 is 0 Å². The average Bonchev–Trinajstić information content (AvgIpc) is 2.47. The summed E-state index contributed by atoms with van der Waals surface area (Å²) >= 11 is 0. The van der Waals surface area contributed by atoms with Gasteiger partial charge in [-0.3, -0.25) is 4.90 Å². The molecule has 1 saturated carbocycles. The average molecular weight is 281 g/mol. The predicted molar refractivity (Wildman–Crippen MR) is 88.0 cm³/mol. The van der Waals surface area contributed by atoms with Gasteiger partial charge in [-0.15, -0.1) is 0 Å². The quantitative estimate of drug-likeness (QED) is 0.821. The van der Waals surface area contributed by atoms with Crippen LogP contribution in [0.25, 0.3) is 0 Å². The van der Waals surface area contributed by atoms with E-state index in [1.54, 1.807) is 0 Å². The van der Waals surface area contributed by atoms with Crippen molar-refractivity contribution < 1.29 is 0 Å². The molecule has 1 saturated heterocycles. The highest BCUT2D eigenvalue weighted by molar-refractivity contribution is 4.89. The topological polar surface area (TPSA) is 15.3 Å². The third kappa shape index (κ3) is 4.21. The number of nitrogens with one attached hydrogen (secondary N) is 1. The molecule has 2 aliphatic rings. The van der Waals surface area contributed by atoms with Gasteiger partial charge in [0.15, 0.2) is 0 Å². The molecule has 1 aliphatic carbocycles. The molecule has 1 aliphatic heterocycles. The second-order valence-electron chi connectivity index (χ2n) is 7.57. The Bertz CT molecular complexity index is 269. The van der Waals surface area contributed by atoms with Crippen LogP contribution in [-0.2, 0) is 0 Å². The summed E-state index contributed by atoms with van der Waals surface area (Å²) < 4.78 is 0. The Kier molecular flexibility index (Phi) is 6.35.